The number of likely N-dealkylation sites (tertiary alicyclic amines) is 1. The van der Waals surface area contributed by atoms with Crippen LogP contribution in [-0.4, -0.2) is 54.6 Å². The van der Waals surface area contributed by atoms with Gasteiger partial charge in [0.25, 0.3) is 0 Å². The van der Waals surface area contributed by atoms with E-state index < -0.39 is 11.7 Å². The van der Waals surface area contributed by atoms with Gasteiger partial charge in [0, 0.05) is 62.0 Å². The number of nitrogens with one attached hydrogen (secondary N) is 1. The van der Waals surface area contributed by atoms with E-state index in [2.05, 4.69) is 20.1 Å². The van der Waals surface area contributed by atoms with Gasteiger partial charge in [-0.05, 0) is 62.3 Å². The Morgan fingerprint density at radius 3 is 2.56 bits per heavy atom. The van der Waals surface area contributed by atoms with Gasteiger partial charge in [-0.3, -0.25) is 9.78 Å². The van der Waals surface area contributed by atoms with Gasteiger partial charge in [0.15, 0.2) is 0 Å². The van der Waals surface area contributed by atoms with Crippen molar-refractivity contribution in [3.05, 3.63) is 36.0 Å². The standard InChI is InChI=1S/C24H29F3N4O/c25-24(26,27)20-5-6-21(19-2-1-10-28-22(19)20)31-12-7-17(8-13-31)23(32)29-18-9-11-30(15-18)14-16-3-4-16/h1-2,5-6,10,16-18H,3-4,7-9,11-15H2,(H,29,32)/t18-/m1/s1. The molecule has 1 aromatic carbocycles. The molecule has 5 nitrogen and oxygen atoms in total. The maximum atomic E-state index is 13.4. The third-order valence-corrected chi connectivity index (χ3v) is 7.09. The first-order chi connectivity index (χ1) is 15.4. The highest BCUT2D eigenvalue weighted by molar-refractivity contribution is 5.94. The second kappa shape index (κ2) is 8.54. The van der Waals surface area contributed by atoms with E-state index >= 15 is 0 Å². The molecular weight excluding hydrogens is 417 g/mol. The van der Waals surface area contributed by atoms with Crippen LogP contribution in [-0.2, 0) is 11.0 Å². The van der Waals surface area contributed by atoms with Crippen LogP contribution < -0.4 is 10.2 Å². The molecule has 1 amide bonds. The lowest BCUT2D eigenvalue weighted by atomic mass is 9.94. The number of rotatable bonds is 5. The third kappa shape index (κ3) is 4.56. The first-order valence-electron chi connectivity index (χ1n) is 11.6. The van der Waals surface area contributed by atoms with Gasteiger partial charge >= 0.3 is 6.18 Å². The number of alkyl halides is 3. The van der Waals surface area contributed by atoms with E-state index in [0.29, 0.717) is 31.3 Å². The number of carbonyl (C=O) groups excluding carboxylic acids is 1. The molecule has 1 atom stereocenters. The average Bonchev–Trinajstić information content (AvgIpc) is 3.49. The molecule has 0 bridgehead atoms. The maximum Gasteiger partial charge on any atom is 0.418 e. The van der Waals surface area contributed by atoms with Gasteiger partial charge in [-0.2, -0.15) is 13.2 Å². The Morgan fingerprint density at radius 1 is 1.06 bits per heavy atom. The van der Waals surface area contributed by atoms with Crippen LogP contribution >= 0.6 is 0 Å². The topological polar surface area (TPSA) is 48.5 Å². The molecule has 8 heteroatoms. The van der Waals surface area contributed by atoms with E-state index in [1.54, 1.807) is 18.2 Å². The fourth-order valence-corrected chi connectivity index (χ4v) is 5.15. The van der Waals surface area contributed by atoms with Crippen molar-refractivity contribution in [2.45, 2.75) is 44.3 Å². The minimum absolute atomic E-state index is 0.0191. The summed E-state index contributed by atoms with van der Waals surface area (Å²) in [5, 5.41) is 3.75. The maximum absolute atomic E-state index is 13.4. The normalized spacial score (nSPS) is 23.1. The quantitative estimate of drug-likeness (QED) is 0.752. The molecule has 0 unspecified atom stereocenters. The minimum atomic E-state index is -4.44. The molecular formula is C24H29F3N4O. The van der Waals surface area contributed by atoms with Gasteiger partial charge in [0.2, 0.25) is 5.91 Å². The van der Waals surface area contributed by atoms with Gasteiger partial charge in [-0.1, -0.05) is 0 Å². The van der Waals surface area contributed by atoms with Crippen molar-refractivity contribution < 1.29 is 18.0 Å². The summed E-state index contributed by atoms with van der Waals surface area (Å²) in [4.78, 5) is 21.4. The summed E-state index contributed by atoms with van der Waals surface area (Å²) < 4.78 is 40.2. The Hall–Kier alpha value is -2.35. The Balaban J connectivity index is 1.20. The SMILES string of the molecule is O=C(N[C@@H]1CCN(CC2CC2)C1)C1CCN(c2ccc(C(F)(F)F)c3ncccc23)CC1. The van der Waals surface area contributed by atoms with E-state index in [9.17, 15) is 18.0 Å². The molecule has 5 rings (SSSR count). The Bertz CT molecular complexity index is 983. The lowest BCUT2D eigenvalue weighted by Crippen LogP contribution is -2.44. The van der Waals surface area contributed by atoms with Gasteiger partial charge in [0.05, 0.1) is 11.1 Å². The molecule has 3 fully saturated rings. The molecule has 1 aliphatic carbocycles. The van der Waals surface area contributed by atoms with Gasteiger partial charge in [-0.25, -0.2) is 0 Å². The zero-order valence-corrected chi connectivity index (χ0v) is 18.1. The number of amides is 1. The highest BCUT2D eigenvalue weighted by Gasteiger charge is 2.35. The van der Waals surface area contributed by atoms with Gasteiger partial charge in [0.1, 0.15) is 0 Å². The molecule has 3 aliphatic rings. The van der Waals surface area contributed by atoms with E-state index in [1.807, 2.05) is 0 Å². The number of fused-ring (bicyclic) bond motifs is 1. The second-order valence-corrected chi connectivity index (χ2v) is 9.49. The third-order valence-electron chi connectivity index (χ3n) is 7.09. The van der Waals surface area contributed by atoms with E-state index in [4.69, 9.17) is 0 Å². The van der Waals surface area contributed by atoms with Crippen LogP contribution in [0.5, 0.6) is 0 Å². The number of carbonyl (C=O) groups is 1. The summed E-state index contributed by atoms with van der Waals surface area (Å²) in [6, 6.07) is 6.26. The van der Waals surface area contributed by atoms with Crippen molar-refractivity contribution >= 4 is 22.5 Å². The zero-order chi connectivity index (χ0) is 22.3. The van der Waals surface area contributed by atoms with Crippen molar-refractivity contribution in [2.24, 2.45) is 11.8 Å². The lowest BCUT2D eigenvalue weighted by Gasteiger charge is -2.34. The number of nitrogens with zero attached hydrogens (tertiary/aromatic N) is 3. The molecule has 0 radical (unpaired) electrons. The highest BCUT2D eigenvalue weighted by atomic mass is 19.4. The van der Waals surface area contributed by atoms with Gasteiger partial charge < -0.3 is 15.1 Å². The van der Waals surface area contributed by atoms with Gasteiger partial charge in [-0.15, -0.1) is 0 Å². The summed E-state index contributed by atoms with van der Waals surface area (Å²) in [5.74, 6) is 0.953. The van der Waals surface area contributed by atoms with E-state index in [1.165, 1.54) is 25.6 Å². The Kier molecular flexibility index (Phi) is 5.73. The van der Waals surface area contributed by atoms with Crippen LogP contribution in [0.1, 0.15) is 37.7 Å². The van der Waals surface area contributed by atoms with Crippen LogP contribution in [0.3, 0.4) is 0 Å². The molecule has 32 heavy (non-hydrogen) atoms. The van der Waals surface area contributed by atoms with Crippen molar-refractivity contribution in [3.63, 3.8) is 0 Å². The van der Waals surface area contributed by atoms with E-state index in [-0.39, 0.29) is 23.4 Å². The number of hydrogen-bond donors (Lipinski definition) is 1. The number of pyridine rings is 1. The predicted octanol–water partition coefficient (Wildman–Crippen LogP) is 4.07. The largest absolute Gasteiger partial charge is 0.418 e. The predicted molar refractivity (Wildman–Crippen MR) is 117 cm³/mol. The van der Waals surface area contributed by atoms with Crippen molar-refractivity contribution in [2.75, 3.05) is 37.6 Å². The molecule has 1 aromatic heterocycles. The Labute approximate surface area is 186 Å². The first-order valence-corrected chi connectivity index (χ1v) is 11.6. The lowest BCUT2D eigenvalue weighted by molar-refractivity contribution is -0.136. The molecule has 2 aromatic rings. The fraction of sp³-hybridized carbons (Fsp3) is 0.583. The van der Waals surface area contributed by atoms with Crippen LogP contribution in [0, 0.1) is 11.8 Å². The monoisotopic (exact) mass is 446 g/mol. The smallest absolute Gasteiger partial charge is 0.371 e. The number of aromatic nitrogens is 1. The number of halogens is 3. The van der Waals surface area contributed by atoms with Crippen LogP contribution in [0.25, 0.3) is 10.9 Å². The van der Waals surface area contributed by atoms with Crippen LogP contribution in [0.2, 0.25) is 0 Å². The number of hydrogen-bond acceptors (Lipinski definition) is 4. The summed E-state index contributed by atoms with van der Waals surface area (Å²) in [6.07, 6.45) is 2.06. The molecule has 1 N–H and O–H groups in total. The molecule has 0 spiro atoms. The van der Waals surface area contributed by atoms with Crippen molar-refractivity contribution in [1.82, 2.24) is 15.2 Å². The minimum Gasteiger partial charge on any atom is -0.371 e. The zero-order valence-electron chi connectivity index (χ0n) is 18.1. The average molecular weight is 447 g/mol. The van der Waals surface area contributed by atoms with Crippen molar-refractivity contribution in [1.29, 1.82) is 0 Å². The summed E-state index contributed by atoms with van der Waals surface area (Å²) in [7, 11) is 0. The van der Waals surface area contributed by atoms with Crippen LogP contribution in [0.4, 0.5) is 18.9 Å². The van der Waals surface area contributed by atoms with Crippen LogP contribution in [0.15, 0.2) is 30.5 Å². The molecule has 3 heterocycles. The first kappa shape index (κ1) is 21.5. The number of anilines is 1. The van der Waals surface area contributed by atoms with Crippen molar-refractivity contribution in [3.8, 4) is 0 Å². The molecule has 1 saturated carbocycles. The molecule has 2 saturated heterocycles. The summed E-state index contributed by atoms with van der Waals surface area (Å²) in [5.41, 5.74) is 0.0271. The number of piperidine rings is 1. The van der Waals surface area contributed by atoms with E-state index in [0.717, 1.165) is 37.2 Å². The highest BCUT2D eigenvalue weighted by Crippen LogP contribution is 2.38. The Morgan fingerprint density at radius 2 is 1.84 bits per heavy atom. The molecule has 2 aliphatic heterocycles. The summed E-state index contributed by atoms with van der Waals surface area (Å²) >= 11 is 0. The number of benzene rings is 1. The fourth-order valence-electron chi connectivity index (χ4n) is 5.15. The second-order valence-electron chi connectivity index (χ2n) is 9.49. The molecule has 172 valence electrons. The summed E-state index contributed by atoms with van der Waals surface area (Å²) in [6.45, 7) is 4.47.